The summed E-state index contributed by atoms with van der Waals surface area (Å²) in [6, 6.07) is 1.26. The summed E-state index contributed by atoms with van der Waals surface area (Å²) in [7, 11) is -3.25. The van der Waals surface area contributed by atoms with Crippen LogP contribution < -0.4 is 5.32 Å². The molecular formula is C14H27N3O2S. The Morgan fingerprint density at radius 1 is 1.10 bits per heavy atom. The van der Waals surface area contributed by atoms with Crippen molar-refractivity contribution < 1.29 is 8.42 Å². The van der Waals surface area contributed by atoms with E-state index in [0.29, 0.717) is 31.7 Å². The normalized spacial score (nSPS) is 35.6. The molecule has 3 saturated heterocycles. The molecular weight excluding hydrogens is 274 g/mol. The van der Waals surface area contributed by atoms with E-state index in [4.69, 9.17) is 0 Å². The third-order valence-corrected chi connectivity index (χ3v) is 7.27. The van der Waals surface area contributed by atoms with Crippen LogP contribution in [0.5, 0.6) is 0 Å². The highest BCUT2D eigenvalue weighted by molar-refractivity contribution is 7.86. The zero-order valence-corrected chi connectivity index (χ0v) is 13.2. The van der Waals surface area contributed by atoms with Gasteiger partial charge >= 0.3 is 0 Å². The van der Waals surface area contributed by atoms with Gasteiger partial charge in [-0.15, -0.1) is 0 Å². The second kappa shape index (κ2) is 5.91. The monoisotopic (exact) mass is 301 g/mol. The molecule has 20 heavy (non-hydrogen) atoms. The van der Waals surface area contributed by atoms with Crippen LogP contribution in [0.15, 0.2) is 0 Å². The van der Waals surface area contributed by atoms with Crippen molar-refractivity contribution in [2.24, 2.45) is 0 Å². The molecule has 0 aliphatic carbocycles. The molecule has 2 unspecified atom stereocenters. The quantitative estimate of drug-likeness (QED) is 0.852. The molecule has 0 spiro atoms. The molecule has 3 aliphatic heterocycles. The Balaban J connectivity index is 1.74. The molecule has 0 radical (unpaired) electrons. The first kappa shape index (κ1) is 14.8. The van der Waals surface area contributed by atoms with Crippen LogP contribution in [0.4, 0.5) is 0 Å². The summed E-state index contributed by atoms with van der Waals surface area (Å²) in [5, 5.41) is 3.60. The third kappa shape index (κ3) is 2.75. The molecule has 6 heteroatoms. The predicted octanol–water partition coefficient (Wildman–Crippen LogP) is 1.32. The van der Waals surface area contributed by atoms with Gasteiger partial charge in [0.05, 0.1) is 0 Å². The molecule has 116 valence electrons. The topological polar surface area (TPSA) is 52.7 Å². The fourth-order valence-corrected chi connectivity index (χ4v) is 6.01. The molecule has 3 heterocycles. The van der Waals surface area contributed by atoms with Gasteiger partial charge in [0.25, 0.3) is 10.2 Å². The summed E-state index contributed by atoms with van der Waals surface area (Å²) < 4.78 is 29.3. The van der Waals surface area contributed by atoms with Crippen molar-refractivity contribution in [2.45, 2.75) is 70.0 Å². The lowest BCUT2D eigenvalue weighted by Crippen LogP contribution is -2.54. The van der Waals surface area contributed by atoms with Crippen LogP contribution >= 0.6 is 0 Å². The molecule has 2 bridgehead atoms. The molecule has 0 aromatic heterocycles. The minimum absolute atomic E-state index is 0.200. The van der Waals surface area contributed by atoms with E-state index < -0.39 is 10.2 Å². The van der Waals surface area contributed by atoms with E-state index in [-0.39, 0.29) is 6.04 Å². The number of hydrogen-bond donors (Lipinski definition) is 1. The highest BCUT2D eigenvalue weighted by Gasteiger charge is 2.41. The average Bonchev–Trinajstić information content (AvgIpc) is 2.79. The molecule has 0 aromatic carbocycles. The van der Waals surface area contributed by atoms with E-state index in [1.54, 1.807) is 8.61 Å². The van der Waals surface area contributed by atoms with Crippen LogP contribution in [0.1, 0.15) is 51.9 Å². The van der Waals surface area contributed by atoms with Gasteiger partial charge in [-0.1, -0.05) is 13.3 Å². The van der Waals surface area contributed by atoms with Gasteiger partial charge in [0.15, 0.2) is 0 Å². The van der Waals surface area contributed by atoms with Gasteiger partial charge in [-0.25, -0.2) is 0 Å². The Kier molecular flexibility index (Phi) is 4.36. The molecule has 3 fully saturated rings. The lowest BCUT2D eigenvalue weighted by Gasteiger charge is -2.39. The van der Waals surface area contributed by atoms with Gasteiger partial charge in [0.1, 0.15) is 0 Å². The smallest absolute Gasteiger partial charge is 0.282 e. The highest BCUT2D eigenvalue weighted by atomic mass is 32.2. The van der Waals surface area contributed by atoms with Crippen LogP contribution in [0.25, 0.3) is 0 Å². The molecule has 1 N–H and O–H groups in total. The van der Waals surface area contributed by atoms with E-state index >= 15 is 0 Å². The summed E-state index contributed by atoms with van der Waals surface area (Å²) in [6.07, 6.45) is 7.57. The minimum Gasteiger partial charge on any atom is -0.311 e. The molecule has 0 amide bonds. The highest BCUT2D eigenvalue weighted by Crippen LogP contribution is 2.32. The summed E-state index contributed by atoms with van der Waals surface area (Å²) in [4.78, 5) is 0. The van der Waals surface area contributed by atoms with E-state index in [1.807, 2.05) is 6.92 Å². The van der Waals surface area contributed by atoms with Crippen molar-refractivity contribution in [1.82, 2.24) is 13.9 Å². The lowest BCUT2D eigenvalue weighted by molar-refractivity contribution is 0.212. The van der Waals surface area contributed by atoms with Crippen molar-refractivity contribution in [3.05, 3.63) is 0 Å². The second-order valence-electron chi connectivity index (χ2n) is 6.43. The number of rotatable bonds is 4. The Hall–Kier alpha value is -0.170. The SMILES string of the molecule is CCN(C1CC2CCC(C1)N2)S(=O)(=O)N1CCCCC1. The first-order valence-corrected chi connectivity index (χ1v) is 9.54. The summed E-state index contributed by atoms with van der Waals surface area (Å²) in [5.41, 5.74) is 0. The van der Waals surface area contributed by atoms with Gasteiger partial charge in [0.2, 0.25) is 0 Å². The standard InChI is InChI=1S/C14H27N3O2S/c1-2-17(14-10-12-6-7-13(11-14)15-12)20(18,19)16-8-4-3-5-9-16/h12-15H,2-11H2,1H3. The van der Waals surface area contributed by atoms with Crippen molar-refractivity contribution in [3.8, 4) is 0 Å². The zero-order chi connectivity index (χ0) is 14.2. The van der Waals surface area contributed by atoms with E-state index in [1.165, 1.54) is 12.8 Å². The number of hydrogen-bond acceptors (Lipinski definition) is 3. The van der Waals surface area contributed by atoms with Crippen molar-refractivity contribution in [3.63, 3.8) is 0 Å². The predicted molar refractivity (Wildman–Crippen MR) is 79.7 cm³/mol. The van der Waals surface area contributed by atoms with Crippen LogP contribution in [-0.4, -0.2) is 54.8 Å². The number of piperidine rings is 2. The number of fused-ring (bicyclic) bond motifs is 2. The van der Waals surface area contributed by atoms with E-state index in [9.17, 15) is 8.42 Å². The van der Waals surface area contributed by atoms with Crippen LogP contribution in [0.3, 0.4) is 0 Å². The fraction of sp³-hybridized carbons (Fsp3) is 1.00. The van der Waals surface area contributed by atoms with Gasteiger partial charge in [-0.05, 0) is 38.5 Å². The molecule has 0 saturated carbocycles. The van der Waals surface area contributed by atoms with Crippen LogP contribution in [-0.2, 0) is 10.2 Å². The first-order chi connectivity index (χ1) is 9.61. The van der Waals surface area contributed by atoms with Crippen molar-refractivity contribution in [1.29, 1.82) is 0 Å². The Morgan fingerprint density at radius 2 is 1.70 bits per heavy atom. The maximum Gasteiger partial charge on any atom is 0.282 e. The second-order valence-corrected chi connectivity index (χ2v) is 8.31. The van der Waals surface area contributed by atoms with Crippen molar-refractivity contribution in [2.75, 3.05) is 19.6 Å². The van der Waals surface area contributed by atoms with E-state index in [2.05, 4.69) is 5.32 Å². The van der Waals surface area contributed by atoms with Gasteiger partial charge < -0.3 is 5.32 Å². The molecule has 0 aromatic rings. The summed E-state index contributed by atoms with van der Waals surface area (Å²) in [6.45, 7) is 3.99. The van der Waals surface area contributed by atoms with Crippen molar-refractivity contribution >= 4 is 10.2 Å². The summed E-state index contributed by atoms with van der Waals surface area (Å²) >= 11 is 0. The molecule has 3 rings (SSSR count). The maximum absolute atomic E-state index is 12.9. The van der Waals surface area contributed by atoms with E-state index in [0.717, 1.165) is 32.1 Å². The molecule has 2 atom stereocenters. The first-order valence-electron chi connectivity index (χ1n) is 8.14. The fourth-order valence-electron chi connectivity index (χ4n) is 4.12. The van der Waals surface area contributed by atoms with Gasteiger partial charge in [-0.2, -0.15) is 17.0 Å². The average molecular weight is 301 g/mol. The van der Waals surface area contributed by atoms with Gasteiger partial charge in [0, 0.05) is 37.8 Å². The van der Waals surface area contributed by atoms with Crippen LogP contribution in [0.2, 0.25) is 0 Å². The number of nitrogens with zero attached hydrogens (tertiary/aromatic N) is 2. The Bertz CT molecular complexity index is 422. The Labute approximate surface area is 122 Å². The third-order valence-electron chi connectivity index (χ3n) is 5.10. The number of nitrogens with one attached hydrogen (secondary N) is 1. The largest absolute Gasteiger partial charge is 0.311 e. The van der Waals surface area contributed by atoms with Crippen LogP contribution in [0, 0.1) is 0 Å². The zero-order valence-electron chi connectivity index (χ0n) is 12.4. The Morgan fingerprint density at radius 3 is 2.25 bits per heavy atom. The minimum atomic E-state index is -3.25. The summed E-state index contributed by atoms with van der Waals surface area (Å²) in [5.74, 6) is 0. The maximum atomic E-state index is 12.9. The van der Waals surface area contributed by atoms with Gasteiger partial charge in [-0.3, -0.25) is 0 Å². The molecule has 5 nitrogen and oxygen atoms in total. The lowest BCUT2D eigenvalue weighted by atomic mass is 10.00. The molecule has 3 aliphatic rings.